The van der Waals surface area contributed by atoms with E-state index >= 15 is 0 Å². The fraction of sp³-hybridized carbons (Fsp3) is 0.400. The molecule has 0 radical (unpaired) electrons. The number of amides is 2. The zero-order valence-electron chi connectivity index (χ0n) is 16.5. The van der Waals surface area contributed by atoms with Crippen LogP contribution < -0.4 is 0 Å². The minimum Gasteiger partial charge on any atom is -0.335 e. The maximum Gasteiger partial charge on any atom is 0.274 e. The molecule has 0 atom stereocenters. The van der Waals surface area contributed by atoms with Crippen molar-refractivity contribution in [2.45, 2.75) is 25.8 Å². The Labute approximate surface area is 173 Å². The molecule has 1 saturated heterocycles. The molecule has 1 aromatic carbocycles. The van der Waals surface area contributed by atoms with Crippen molar-refractivity contribution in [1.82, 2.24) is 39.8 Å². The molecular weight excluding hydrogens is 384 g/mol. The van der Waals surface area contributed by atoms with E-state index in [0.717, 1.165) is 37.2 Å². The Kier molecular flexibility index (Phi) is 4.74. The van der Waals surface area contributed by atoms with Gasteiger partial charge in [-0.05, 0) is 54.0 Å². The summed E-state index contributed by atoms with van der Waals surface area (Å²) in [6.07, 6.45) is 4.72. The number of tetrazole rings is 1. The highest BCUT2D eigenvalue weighted by molar-refractivity contribution is 5.95. The quantitative estimate of drug-likeness (QED) is 0.637. The SMILES string of the molecule is O=C(c1cccc(-n2cnnn2)c1)N1CCN(C(=O)c2cc3n(n2)CCCC3)CC1. The van der Waals surface area contributed by atoms with E-state index in [1.807, 2.05) is 22.9 Å². The van der Waals surface area contributed by atoms with Gasteiger partial charge in [0.1, 0.15) is 6.33 Å². The van der Waals surface area contributed by atoms with Crippen molar-refractivity contribution in [3.63, 3.8) is 0 Å². The molecule has 0 aliphatic carbocycles. The monoisotopic (exact) mass is 406 g/mol. The number of hydrogen-bond acceptors (Lipinski definition) is 6. The van der Waals surface area contributed by atoms with Gasteiger partial charge < -0.3 is 9.80 Å². The summed E-state index contributed by atoms with van der Waals surface area (Å²) in [5.41, 5.74) is 2.95. The van der Waals surface area contributed by atoms with Gasteiger partial charge in [0.25, 0.3) is 11.8 Å². The van der Waals surface area contributed by atoms with Gasteiger partial charge >= 0.3 is 0 Å². The smallest absolute Gasteiger partial charge is 0.274 e. The second-order valence-electron chi connectivity index (χ2n) is 7.59. The predicted octanol–water partition coefficient (Wildman–Crippen LogP) is 0.793. The highest BCUT2D eigenvalue weighted by Crippen LogP contribution is 2.18. The number of hydrogen-bond donors (Lipinski definition) is 0. The van der Waals surface area contributed by atoms with Crippen molar-refractivity contribution < 1.29 is 9.59 Å². The van der Waals surface area contributed by atoms with E-state index in [1.165, 1.54) is 11.0 Å². The summed E-state index contributed by atoms with van der Waals surface area (Å²) in [5, 5.41) is 15.6. The molecule has 3 aromatic rings. The molecule has 4 heterocycles. The predicted molar refractivity (Wildman–Crippen MR) is 106 cm³/mol. The van der Waals surface area contributed by atoms with Gasteiger partial charge in [-0.1, -0.05) is 6.07 Å². The average molecular weight is 406 g/mol. The third-order valence-electron chi connectivity index (χ3n) is 5.70. The summed E-state index contributed by atoms with van der Waals surface area (Å²) in [6, 6.07) is 9.12. The molecule has 0 spiro atoms. The largest absolute Gasteiger partial charge is 0.335 e. The molecular formula is C20H22N8O2. The fourth-order valence-electron chi connectivity index (χ4n) is 4.04. The first-order valence-electron chi connectivity index (χ1n) is 10.2. The van der Waals surface area contributed by atoms with Gasteiger partial charge in [0.2, 0.25) is 0 Å². The molecule has 30 heavy (non-hydrogen) atoms. The second kappa shape index (κ2) is 7.69. The van der Waals surface area contributed by atoms with Crippen LogP contribution in [0.1, 0.15) is 39.4 Å². The third-order valence-corrected chi connectivity index (χ3v) is 5.70. The summed E-state index contributed by atoms with van der Waals surface area (Å²) in [7, 11) is 0. The molecule has 0 N–H and O–H groups in total. The minimum atomic E-state index is -0.0607. The lowest BCUT2D eigenvalue weighted by Crippen LogP contribution is -2.50. The zero-order chi connectivity index (χ0) is 20.5. The molecule has 0 bridgehead atoms. The number of piperazine rings is 1. The van der Waals surface area contributed by atoms with Crippen LogP contribution in [0.15, 0.2) is 36.7 Å². The van der Waals surface area contributed by atoms with E-state index in [-0.39, 0.29) is 11.8 Å². The van der Waals surface area contributed by atoms with Crippen molar-refractivity contribution in [2.75, 3.05) is 26.2 Å². The maximum absolute atomic E-state index is 12.9. The van der Waals surface area contributed by atoms with Crippen LogP contribution in [0, 0.1) is 0 Å². The molecule has 10 nitrogen and oxygen atoms in total. The summed E-state index contributed by atoms with van der Waals surface area (Å²) in [5.74, 6) is -0.112. The van der Waals surface area contributed by atoms with Crippen molar-refractivity contribution in [3.8, 4) is 5.69 Å². The molecule has 0 saturated carbocycles. The summed E-state index contributed by atoms with van der Waals surface area (Å²) in [4.78, 5) is 29.4. The van der Waals surface area contributed by atoms with Crippen LogP contribution in [0.3, 0.4) is 0 Å². The topological polar surface area (TPSA) is 102 Å². The third kappa shape index (κ3) is 3.44. The van der Waals surface area contributed by atoms with Crippen LogP contribution in [0.25, 0.3) is 5.69 Å². The van der Waals surface area contributed by atoms with E-state index < -0.39 is 0 Å². The first-order valence-corrected chi connectivity index (χ1v) is 10.2. The lowest BCUT2D eigenvalue weighted by Gasteiger charge is -2.34. The second-order valence-corrected chi connectivity index (χ2v) is 7.59. The van der Waals surface area contributed by atoms with E-state index in [4.69, 9.17) is 0 Å². The highest BCUT2D eigenvalue weighted by atomic mass is 16.2. The van der Waals surface area contributed by atoms with E-state index in [0.29, 0.717) is 37.4 Å². The molecule has 154 valence electrons. The van der Waals surface area contributed by atoms with Crippen LogP contribution in [-0.2, 0) is 13.0 Å². The van der Waals surface area contributed by atoms with Gasteiger partial charge in [-0.15, -0.1) is 5.10 Å². The lowest BCUT2D eigenvalue weighted by molar-refractivity contribution is 0.0532. The molecule has 2 aliphatic heterocycles. The first kappa shape index (κ1) is 18.5. The Bertz CT molecular complexity index is 1040. The van der Waals surface area contributed by atoms with Crippen LogP contribution in [0.2, 0.25) is 0 Å². The zero-order valence-corrected chi connectivity index (χ0v) is 16.5. The van der Waals surface area contributed by atoms with E-state index in [9.17, 15) is 9.59 Å². The Morgan fingerprint density at radius 3 is 2.43 bits per heavy atom. The number of carbonyl (C=O) groups excluding carboxylic acids is 2. The average Bonchev–Trinajstić information content (AvgIpc) is 3.48. The van der Waals surface area contributed by atoms with Gasteiger partial charge in [-0.25, -0.2) is 4.68 Å². The number of benzene rings is 1. The molecule has 2 aromatic heterocycles. The Morgan fingerprint density at radius 2 is 1.70 bits per heavy atom. The Morgan fingerprint density at radius 1 is 0.900 bits per heavy atom. The molecule has 10 heteroatoms. The van der Waals surface area contributed by atoms with Crippen molar-refractivity contribution in [1.29, 1.82) is 0 Å². The van der Waals surface area contributed by atoms with Crippen LogP contribution in [0.4, 0.5) is 0 Å². The van der Waals surface area contributed by atoms with Crippen molar-refractivity contribution in [2.24, 2.45) is 0 Å². The fourth-order valence-corrected chi connectivity index (χ4v) is 4.04. The van der Waals surface area contributed by atoms with E-state index in [1.54, 1.807) is 21.9 Å². The standard InChI is InChI=1S/C20H22N8O2/c29-19(15-4-3-6-16(12-15)28-14-21-23-24-28)25-8-10-26(11-9-25)20(30)18-13-17-5-1-2-7-27(17)22-18/h3-4,6,12-14H,1-2,5,7-11H2. The summed E-state index contributed by atoms with van der Waals surface area (Å²) >= 11 is 0. The summed E-state index contributed by atoms with van der Waals surface area (Å²) in [6.45, 7) is 2.87. The Hall–Kier alpha value is -3.56. The first-order chi connectivity index (χ1) is 14.7. The van der Waals surface area contributed by atoms with Gasteiger partial charge in [0.05, 0.1) is 5.69 Å². The number of rotatable bonds is 3. The number of aromatic nitrogens is 6. The number of aryl methyl sites for hydroxylation is 2. The van der Waals surface area contributed by atoms with Gasteiger partial charge in [0.15, 0.2) is 5.69 Å². The maximum atomic E-state index is 12.9. The van der Waals surface area contributed by atoms with Crippen molar-refractivity contribution >= 4 is 11.8 Å². The minimum absolute atomic E-state index is 0.0512. The van der Waals surface area contributed by atoms with E-state index in [2.05, 4.69) is 20.6 Å². The molecule has 0 unspecified atom stereocenters. The molecule has 1 fully saturated rings. The number of carbonyl (C=O) groups is 2. The molecule has 2 aliphatic rings. The van der Waals surface area contributed by atoms with Crippen LogP contribution in [0.5, 0.6) is 0 Å². The van der Waals surface area contributed by atoms with Crippen molar-refractivity contribution in [3.05, 3.63) is 53.6 Å². The van der Waals surface area contributed by atoms with Gasteiger partial charge in [0, 0.05) is 44.0 Å². The van der Waals surface area contributed by atoms with Crippen LogP contribution in [-0.4, -0.2) is 77.8 Å². The molecule has 2 amide bonds. The normalized spacial score (nSPS) is 16.4. The Balaban J connectivity index is 1.23. The van der Waals surface area contributed by atoms with Crippen LogP contribution >= 0.6 is 0 Å². The van der Waals surface area contributed by atoms with Gasteiger partial charge in [-0.2, -0.15) is 5.10 Å². The molecule has 5 rings (SSSR count). The lowest BCUT2D eigenvalue weighted by atomic mass is 10.1. The number of fused-ring (bicyclic) bond motifs is 1. The van der Waals surface area contributed by atoms with Gasteiger partial charge in [-0.3, -0.25) is 14.3 Å². The summed E-state index contributed by atoms with van der Waals surface area (Å²) < 4.78 is 3.46. The number of nitrogens with zero attached hydrogens (tertiary/aromatic N) is 8. The highest BCUT2D eigenvalue weighted by Gasteiger charge is 2.27.